The van der Waals surface area contributed by atoms with Crippen LogP contribution >= 0.6 is 0 Å². The minimum atomic E-state index is -3.99. The summed E-state index contributed by atoms with van der Waals surface area (Å²) in [5.74, 6) is -0.0603. The molecule has 3 rings (SSSR count). The standard InChI is InChI=1S/C22H28N2O5S/c1-2-20-19(14-22(23)25)18-13-17(29-11-6-12-30(26,27)28)9-10-21(18)24(20)15-16-7-4-3-5-8-16/h3-5,7-9,13,21H,2,6,10-12,14-15H2,1H3,(H2,23,25)(H,26,27,28). The molecule has 1 aromatic carbocycles. The third-order valence-electron chi connectivity index (χ3n) is 5.32. The Hall–Kier alpha value is -2.58. The highest BCUT2D eigenvalue weighted by Gasteiger charge is 2.36. The second-order valence-electron chi connectivity index (χ2n) is 7.48. The highest BCUT2D eigenvalue weighted by molar-refractivity contribution is 7.85. The van der Waals surface area contributed by atoms with Crippen molar-refractivity contribution in [3.8, 4) is 0 Å². The summed E-state index contributed by atoms with van der Waals surface area (Å²) in [6.07, 6.45) is 5.80. The summed E-state index contributed by atoms with van der Waals surface area (Å²) in [7, 11) is -3.99. The highest BCUT2D eigenvalue weighted by Crippen LogP contribution is 2.42. The molecule has 1 aromatic rings. The molecule has 0 spiro atoms. The van der Waals surface area contributed by atoms with E-state index in [9.17, 15) is 13.2 Å². The number of primary amides is 1. The van der Waals surface area contributed by atoms with E-state index in [2.05, 4.69) is 24.0 Å². The summed E-state index contributed by atoms with van der Waals surface area (Å²) in [6, 6.07) is 10.3. The normalized spacial score (nSPS) is 18.7. The predicted octanol–water partition coefficient (Wildman–Crippen LogP) is 2.92. The Kier molecular flexibility index (Phi) is 6.99. The number of rotatable bonds is 10. The van der Waals surface area contributed by atoms with Crippen LogP contribution in [0.2, 0.25) is 0 Å². The minimum absolute atomic E-state index is 0.111. The van der Waals surface area contributed by atoms with Crippen molar-refractivity contribution in [2.75, 3.05) is 12.4 Å². The molecule has 1 amide bonds. The fourth-order valence-electron chi connectivity index (χ4n) is 4.09. The average molecular weight is 433 g/mol. The minimum Gasteiger partial charge on any atom is -0.494 e. The lowest BCUT2D eigenvalue weighted by molar-refractivity contribution is -0.117. The van der Waals surface area contributed by atoms with Crippen molar-refractivity contribution < 1.29 is 22.5 Å². The summed E-state index contributed by atoms with van der Waals surface area (Å²) >= 11 is 0. The van der Waals surface area contributed by atoms with Crippen LogP contribution in [-0.2, 0) is 26.2 Å². The topological polar surface area (TPSA) is 110 Å². The number of hydrogen-bond acceptors (Lipinski definition) is 5. The summed E-state index contributed by atoms with van der Waals surface area (Å²) in [4.78, 5) is 14.1. The van der Waals surface area contributed by atoms with Gasteiger partial charge in [-0.1, -0.05) is 37.3 Å². The maximum atomic E-state index is 11.8. The Morgan fingerprint density at radius 3 is 2.67 bits per heavy atom. The first-order valence-corrected chi connectivity index (χ1v) is 11.7. The van der Waals surface area contributed by atoms with Gasteiger partial charge in [0.1, 0.15) is 5.76 Å². The molecular formula is C22H28N2O5S. The summed E-state index contributed by atoms with van der Waals surface area (Å²) in [5.41, 5.74) is 9.84. The third-order valence-corrected chi connectivity index (χ3v) is 6.12. The first kappa shape index (κ1) is 22.1. The van der Waals surface area contributed by atoms with Crippen LogP contribution in [0.1, 0.15) is 38.2 Å². The van der Waals surface area contributed by atoms with Crippen LogP contribution in [0.15, 0.2) is 65.1 Å². The number of benzene rings is 1. The molecular weight excluding hydrogens is 404 g/mol. The van der Waals surface area contributed by atoms with Gasteiger partial charge in [0, 0.05) is 12.2 Å². The van der Waals surface area contributed by atoms with Gasteiger partial charge >= 0.3 is 0 Å². The van der Waals surface area contributed by atoms with Gasteiger partial charge in [-0.15, -0.1) is 0 Å². The molecule has 0 aromatic heterocycles. The fourth-order valence-corrected chi connectivity index (χ4v) is 4.57. The molecule has 7 nitrogen and oxygen atoms in total. The molecule has 1 heterocycles. The molecule has 1 aliphatic heterocycles. The van der Waals surface area contributed by atoms with Crippen LogP contribution in [0.3, 0.4) is 0 Å². The second-order valence-corrected chi connectivity index (χ2v) is 9.05. The molecule has 162 valence electrons. The molecule has 0 saturated carbocycles. The van der Waals surface area contributed by atoms with Crippen molar-refractivity contribution in [2.24, 2.45) is 5.73 Å². The SMILES string of the molecule is CCC1=C(CC(N)=O)C2=CC(OCCCS(=O)(=O)O)=CCC2N1Cc1ccccc1. The van der Waals surface area contributed by atoms with Gasteiger partial charge in [-0.05, 0) is 48.1 Å². The van der Waals surface area contributed by atoms with Crippen LogP contribution in [0, 0.1) is 0 Å². The molecule has 1 aliphatic carbocycles. The molecule has 3 N–H and O–H groups in total. The largest absolute Gasteiger partial charge is 0.494 e. The number of carbonyl (C=O) groups excluding carboxylic acids is 1. The number of hydrogen-bond donors (Lipinski definition) is 2. The molecule has 0 bridgehead atoms. The zero-order chi connectivity index (χ0) is 21.7. The fraction of sp³-hybridized carbons (Fsp3) is 0.409. The lowest BCUT2D eigenvalue weighted by Gasteiger charge is -2.31. The average Bonchev–Trinajstić information content (AvgIpc) is 2.97. The van der Waals surface area contributed by atoms with E-state index in [0.29, 0.717) is 5.76 Å². The van der Waals surface area contributed by atoms with Crippen molar-refractivity contribution in [2.45, 2.75) is 45.2 Å². The number of nitrogens with zero attached hydrogens (tertiary/aromatic N) is 1. The Morgan fingerprint density at radius 1 is 1.30 bits per heavy atom. The third kappa shape index (κ3) is 5.52. The van der Waals surface area contributed by atoms with Crippen molar-refractivity contribution >= 4 is 16.0 Å². The Bertz CT molecular complexity index is 980. The first-order valence-electron chi connectivity index (χ1n) is 10.1. The molecule has 0 saturated heterocycles. The number of amides is 1. The van der Waals surface area contributed by atoms with Crippen LogP contribution in [0.5, 0.6) is 0 Å². The molecule has 1 atom stereocenters. The van der Waals surface area contributed by atoms with E-state index in [-0.39, 0.29) is 37.2 Å². The molecule has 8 heteroatoms. The number of ether oxygens (including phenoxy) is 1. The smallest absolute Gasteiger partial charge is 0.264 e. The number of carbonyl (C=O) groups is 1. The van der Waals surface area contributed by atoms with Gasteiger partial charge in [-0.3, -0.25) is 9.35 Å². The van der Waals surface area contributed by atoms with Crippen LogP contribution in [0.25, 0.3) is 0 Å². The summed E-state index contributed by atoms with van der Waals surface area (Å²) in [6.45, 7) is 3.00. The zero-order valence-corrected chi connectivity index (χ0v) is 17.9. The summed E-state index contributed by atoms with van der Waals surface area (Å²) in [5, 5.41) is 0. The Morgan fingerprint density at radius 2 is 2.03 bits per heavy atom. The maximum absolute atomic E-state index is 11.8. The van der Waals surface area contributed by atoms with Gasteiger partial charge in [0.15, 0.2) is 0 Å². The lowest BCUT2D eigenvalue weighted by Crippen LogP contribution is -2.31. The van der Waals surface area contributed by atoms with Gasteiger partial charge in [-0.25, -0.2) is 0 Å². The maximum Gasteiger partial charge on any atom is 0.264 e. The molecule has 1 unspecified atom stereocenters. The number of fused-ring (bicyclic) bond motifs is 1. The van der Waals surface area contributed by atoms with Crippen molar-refractivity contribution in [1.82, 2.24) is 4.90 Å². The van der Waals surface area contributed by atoms with Crippen molar-refractivity contribution in [3.63, 3.8) is 0 Å². The lowest BCUT2D eigenvalue weighted by atomic mass is 9.92. The van der Waals surface area contributed by atoms with Crippen LogP contribution < -0.4 is 5.73 Å². The van der Waals surface area contributed by atoms with Gasteiger partial charge in [-0.2, -0.15) is 8.42 Å². The first-order chi connectivity index (χ1) is 14.3. The van der Waals surface area contributed by atoms with Crippen molar-refractivity contribution in [1.29, 1.82) is 0 Å². The molecule has 0 radical (unpaired) electrons. The monoisotopic (exact) mass is 432 g/mol. The van der Waals surface area contributed by atoms with Crippen LogP contribution in [0.4, 0.5) is 0 Å². The van der Waals surface area contributed by atoms with Crippen molar-refractivity contribution in [3.05, 3.63) is 70.6 Å². The summed E-state index contributed by atoms with van der Waals surface area (Å²) < 4.78 is 36.3. The van der Waals surface area contributed by atoms with Gasteiger partial charge < -0.3 is 15.4 Å². The molecule has 2 aliphatic rings. The second kappa shape index (κ2) is 9.49. The van der Waals surface area contributed by atoms with E-state index in [4.69, 9.17) is 15.0 Å². The van der Waals surface area contributed by atoms with E-state index in [1.807, 2.05) is 30.4 Å². The Balaban J connectivity index is 1.81. The van der Waals surface area contributed by atoms with Gasteiger partial charge in [0.2, 0.25) is 5.91 Å². The quantitative estimate of drug-likeness (QED) is 0.435. The number of nitrogens with two attached hydrogens (primary N) is 1. The van der Waals surface area contributed by atoms with E-state index >= 15 is 0 Å². The number of allylic oxidation sites excluding steroid dienone is 2. The predicted molar refractivity (Wildman–Crippen MR) is 115 cm³/mol. The molecule has 30 heavy (non-hydrogen) atoms. The van der Waals surface area contributed by atoms with E-state index < -0.39 is 10.1 Å². The molecule has 0 fully saturated rings. The van der Waals surface area contributed by atoms with Gasteiger partial charge in [0.05, 0.1) is 24.8 Å². The van der Waals surface area contributed by atoms with Crippen LogP contribution in [-0.4, -0.2) is 42.2 Å². The Labute approximate surface area is 177 Å². The van der Waals surface area contributed by atoms with E-state index in [0.717, 1.165) is 36.2 Å². The van der Waals surface area contributed by atoms with E-state index in [1.165, 1.54) is 5.56 Å². The zero-order valence-electron chi connectivity index (χ0n) is 17.1. The van der Waals surface area contributed by atoms with E-state index in [1.54, 1.807) is 0 Å². The van der Waals surface area contributed by atoms with Gasteiger partial charge in [0.25, 0.3) is 10.1 Å². The highest BCUT2D eigenvalue weighted by atomic mass is 32.2.